The molecule has 0 spiro atoms. The first-order chi connectivity index (χ1) is 44.3. The van der Waals surface area contributed by atoms with Crippen molar-refractivity contribution in [3.8, 4) is 0 Å². The first kappa shape index (κ1) is 90.1. The van der Waals surface area contributed by atoms with E-state index >= 15 is 0 Å². The Morgan fingerprint density at radius 1 is 0.315 bits per heavy atom. The van der Waals surface area contributed by atoms with Crippen molar-refractivity contribution in [3.63, 3.8) is 0 Å². The van der Waals surface area contributed by atoms with E-state index in [1.807, 2.05) is 0 Å². The number of phosphoric ester groups is 2. The molecule has 0 amide bonds. The van der Waals surface area contributed by atoms with Gasteiger partial charge in [-0.15, -0.1) is 0 Å². The summed E-state index contributed by atoms with van der Waals surface area (Å²) in [4.78, 5) is 72.6. The maximum absolute atomic E-state index is 13.1. The number of phosphoric acid groups is 2. The maximum Gasteiger partial charge on any atom is 0.472 e. The van der Waals surface area contributed by atoms with E-state index in [1.165, 1.54) is 173 Å². The Labute approximate surface area is 562 Å². The molecule has 0 radical (unpaired) electrons. The van der Waals surface area contributed by atoms with Gasteiger partial charge in [-0.2, -0.15) is 0 Å². The lowest BCUT2D eigenvalue weighted by molar-refractivity contribution is -0.161. The van der Waals surface area contributed by atoms with Crippen molar-refractivity contribution in [2.75, 3.05) is 39.6 Å². The molecular weight excluding hydrogens is 1210 g/mol. The number of unbranched alkanes of at least 4 members (excludes halogenated alkanes) is 38. The third-order valence-corrected chi connectivity index (χ3v) is 19.1. The van der Waals surface area contributed by atoms with E-state index in [0.717, 1.165) is 114 Å². The van der Waals surface area contributed by atoms with Crippen LogP contribution in [0.25, 0.3) is 0 Å². The summed E-state index contributed by atoms with van der Waals surface area (Å²) in [7, 11) is -9.90. The number of carbonyl (C=O) groups is 4. The molecule has 3 unspecified atom stereocenters. The standard InChI is InChI=1S/C73H142O17P2/c1-8-10-11-12-13-33-40-47-54-70(75)83-60-68(90-73(78)57-50-43-36-29-23-25-31-38-45-52-65(5)6)62-87-91(79,80)85-58-67(74)59-86-92(81,82)88-63-69(61-84-71(76)55-48-41-34-27-22-18-19-24-30-37-44-51-64(3)4)89-72(77)56-49-42-35-28-21-17-15-14-16-20-26-32-39-46-53-66(7)9-2/h64-69,74H,8-63H2,1-7H3,(H,79,80)(H,81,82)/t66?,67-,68+,69+/m0/s1. The third kappa shape index (κ3) is 65.4. The van der Waals surface area contributed by atoms with E-state index in [9.17, 15) is 43.2 Å². The number of ether oxygens (including phenoxy) is 4. The average Bonchev–Trinajstić information content (AvgIpc) is 2.65. The highest BCUT2D eigenvalue weighted by atomic mass is 31.2. The number of aliphatic hydroxyl groups is 1. The van der Waals surface area contributed by atoms with E-state index in [4.69, 9.17) is 37.0 Å². The van der Waals surface area contributed by atoms with Crippen LogP contribution in [0.15, 0.2) is 0 Å². The van der Waals surface area contributed by atoms with Crippen LogP contribution in [0.2, 0.25) is 0 Å². The summed E-state index contributed by atoms with van der Waals surface area (Å²) in [6.45, 7) is 11.9. The molecule has 17 nitrogen and oxygen atoms in total. The average molecular weight is 1350 g/mol. The molecule has 92 heavy (non-hydrogen) atoms. The predicted octanol–water partition coefficient (Wildman–Crippen LogP) is 21.0. The van der Waals surface area contributed by atoms with Gasteiger partial charge in [-0.25, -0.2) is 9.13 Å². The molecule has 0 aromatic heterocycles. The van der Waals surface area contributed by atoms with Crippen LogP contribution in [0.5, 0.6) is 0 Å². The fourth-order valence-electron chi connectivity index (χ4n) is 11.0. The number of hydrogen-bond donors (Lipinski definition) is 3. The quantitative estimate of drug-likeness (QED) is 0.0222. The zero-order chi connectivity index (χ0) is 68.0. The zero-order valence-electron chi connectivity index (χ0n) is 60.0. The monoisotopic (exact) mass is 1350 g/mol. The molecule has 3 N–H and O–H groups in total. The summed E-state index contributed by atoms with van der Waals surface area (Å²) in [6, 6.07) is 0. The molecule has 0 aliphatic heterocycles. The fourth-order valence-corrected chi connectivity index (χ4v) is 12.6. The minimum absolute atomic E-state index is 0.105. The van der Waals surface area contributed by atoms with Crippen molar-refractivity contribution in [2.24, 2.45) is 17.8 Å². The summed E-state index contributed by atoms with van der Waals surface area (Å²) in [5.41, 5.74) is 0. The number of carbonyl (C=O) groups excluding carboxylic acids is 4. The van der Waals surface area contributed by atoms with Crippen molar-refractivity contribution in [1.29, 1.82) is 0 Å². The highest BCUT2D eigenvalue weighted by molar-refractivity contribution is 7.47. The molecule has 0 aliphatic carbocycles. The van der Waals surface area contributed by atoms with Gasteiger partial charge >= 0.3 is 39.5 Å². The predicted molar refractivity (Wildman–Crippen MR) is 372 cm³/mol. The lowest BCUT2D eigenvalue weighted by Crippen LogP contribution is -2.30. The Hall–Kier alpha value is -1.94. The van der Waals surface area contributed by atoms with Crippen molar-refractivity contribution in [2.45, 2.75) is 388 Å². The van der Waals surface area contributed by atoms with Gasteiger partial charge in [0.1, 0.15) is 19.3 Å². The van der Waals surface area contributed by atoms with Gasteiger partial charge in [0.2, 0.25) is 0 Å². The molecule has 0 aliphatic rings. The van der Waals surface area contributed by atoms with E-state index in [-0.39, 0.29) is 25.7 Å². The first-order valence-electron chi connectivity index (χ1n) is 37.9. The second-order valence-electron chi connectivity index (χ2n) is 27.5. The summed E-state index contributed by atoms with van der Waals surface area (Å²) >= 11 is 0. The lowest BCUT2D eigenvalue weighted by Gasteiger charge is -2.21. The van der Waals surface area contributed by atoms with Crippen LogP contribution in [-0.4, -0.2) is 96.7 Å². The number of esters is 4. The zero-order valence-corrected chi connectivity index (χ0v) is 61.8. The van der Waals surface area contributed by atoms with Crippen LogP contribution >= 0.6 is 15.6 Å². The van der Waals surface area contributed by atoms with Gasteiger partial charge < -0.3 is 33.8 Å². The molecule has 19 heteroatoms. The molecule has 546 valence electrons. The first-order valence-corrected chi connectivity index (χ1v) is 40.9. The molecule has 0 saturated heterocycles. The summed E-state index contributed by atoms with van der Waals surface area (Å²) in [6.07, 6.45) is 48.5. The van der Waals surface area contributed by atoms with Gasteiger partial charge in [0, 0.05) is 25.7 Å². The van der Waals surface area contributed by atoms with Crippen molar-refractivity contribution < 1.29 is 80.2 Å². The van der Waals surface area contributed by atoms with Gasteiger partial charge in [0.25, 0.3) is 0 Å². The van der Waals surface area contributed by atoms with Crippen LogP contribution < -0.4 is 0 Å². The molecule has 6 atom stereocenters. The second kappa shape index (κ2) is 63.8. The SMILES string of the molecule is CCCCCCCCCCC(=O)OC[C@H](COP(=O)(O)OC[C@H](O)COP(=O)(O)OC[C@@H](COC(=O)CCCCCCCCCCCCCC(C)C)OC(=O)CCCCCCCCCCCCCCCCC(C)CC)OC(=O)CCCCCCCCCCCC(C)C. The Morgan fingerprint density at radius 3 is 0.826 bits per heavy atom. The minimum atomic E-state index is -4.95. The number of aliphatic hydroxyl groups excluding tert-OH is 1. The number of rotatable bonds is 71. The van der Waals surface area contributed by atoms with Crippen molar-refractivity contribution >= 4 is 39.5 Å². The molecule has 0 aromatic rings. The maximum atomic E-state index is 13.1. The van der Waals surface area contributed by atoms with E-state index in [0.29, 0.717) is 25.7 Å². The summed E-state index contributed by atoms with van der Waals surface area (Å²) in [5, 5.41) is 10.6. The van der Waals surface area contributed by atoms with Gasteiger partial charge in [-0.3, -0.25) is 37.3 Å². The summed E-state index contributed by atoms with van der Waals surface area (Å²) < 4.78 is 68.3. The largest absolute Gasteiger partial charge is 0.472 e. The highest BCUT2D eigenvalue weighted by Gasteiger charge is 2.30. The van der Waals surface area contributed by atoms with Crippen molar-refractivity contribution in [1.82, 2.24) is 0 Å². The third-order valence-electron chi connectivity index (χ3n) is 17.2. The number of hydrogen-bond acceptors (Lipinski definition) is 15. The van der Waals surface area contributed by atoms with Crippen LogP contribution in [-0.2, 0) is 65.4 Å². The normalized spacial score (nSPS) is 14.4. The summed E-state index contributed by atoms with van der Waals surface area (Å²) in [5.74, 6) is 0.229. The Morgan fingerprint density at radius 2 is 0.554 bits per heavy atom. The Balaban J connectivity index is 5.22. The van der Waals surface area contributed by atoms with Gasteiger partial charge in [-0.05, 0) is 43.4 Å². The fraction of sp³-hybridized carbons (Fsp3) is 0.945. The van der Waals surface area contributed by atoms with E-state index < -0.39 is 97.5 Å². The van der Waals surface area contributed by atoms with Crippen LogP contribution in [0.1, 0.15) is 370 Å². The van der Waals surface area contributed by atoms with Crippen molar-refractivity contribution in [3.05, 3.63) is 0 Å². The molecule has 0 fully saturated rings. The lowest BCUT2D eigenvalue weighted by atomic mass is 9.99. The molecule has 0 saturated carbocycles. The van der Waals surface area contributed by atoms with E-state index in [1.54, 1.807) is 0 Å². The van der Waals surface area contributed by atoms with Crippen LogP contribution in [0.3, 0.4) is 0 Å². The Bertz CT molecular complexity index is 1800. The van der Waals surface area contributed by atoms with Crippen LogP contribution in [0.4, 0.5) is 0 Å². The van der Waals surface area contributed by atoms with Gasteiger partial charge in [-0.1, -0.05) is 318 Å². The smallest absolute Gasteiger partial charge is 0.462 e. The highest BCUT2D eigenvalue weighted by Crippen LogP contribution is 2.45. The second-order valence-corrected chi connectivity index (χ2v) is 30.4. The molecule has 0 rings (SSSR count). The minimum Gasteiger partial charge on any atom is -0.462 e. The molecule has 0 aromatic carbocycles. The van der Waals surface area contributed by atoms with Gasteiger partial charge in [0.05, 0.1) is 26.4 Å². The molecule has 0 heterocycles. The van der Waals surface area contributed by atoms with Gasteiger partial charge in [0.15, 0.2) is 12.2 Å². The van der Waals surface area contributed by atoms with Crippen LogP contribution in [0, 0.1) is 17.8 Å². The van der Waals surface area contributed by atoms with E-state index in [2.05, 4.69) is 48.5 Å². The topological polar surface area (TPSA) is 237 Å². The molecular formula is C73H142O17P2. The Kier molecular flexibility index (Phi) is 62.4. The molecule has 0 bridgehead atoms.